The molecule has 2 rings (SSSR count). The number of carboxylic acids is 1. The van der Waals surface area contributed by atoms with Crippen LogP contribution in [0.3, 0.4) is 0 Å². The van der Waals surface area contributed by atoms with Gasteiger partial charge < -0.3 is 14.4 Å². The number of carboxylic acid groups (broad SMARTS) is 1. The third-order valence-electron chi connectivity index (χ3n) is 4.72. The van der Waals surface area contributed by atoms with Crippen molar-refractivity contribution in [1.82, 2.24) is 4.90 Å². The number of hydrogen-bond donors (Lipinski definition) is 1. The molecule has 0 saturated carbocycles. The summed E-state index contributed by atoms with van der Waals surface area (Å²) in [5, 5.41) is 10.9. The first kappa shape index (κ1) is 22.9. The summed E-state index contributed by atoms with van der Waals surface area (Å²) in [7, 11) is 1.85. The zero-order valence-electron chi connectivity index (χ0n) is 17.6. The van der Waals surface area contributed by atoms with E-state index in [9.17, 15) is 9.59 Å². The number of amides is 1. The number of thiophene rings is 1. The van der Waals surface area contributed by atoms with E-state index in [4.69, 9.17) is 9.52 Å². The molecule has 0 radical (unpaired) electrons. The Labute approximate surface area is 177 Å². The smallest absolute Gasteiger partial charge is 0.328 e. The van der Waals surface area contributed by atoms with Crippen LogP contribution in [0.25, 0.3) is 17.4 Å². The second-order valence-electron chi connectivity index (χ2n) is 7.29. The topological polar surface area (TPSA) is 70.8 Å². The lowest BCUT2D eigenvalue weighted by Gasteiger charge is -2.16. The number of hydrogen-bond acceptors (Lipinski definition) is 4. The molecule has 0 saturated heterocycles. The van der Waals surface area contributed by atoms with Crippen LogP contribution in [-0.4, -0.2) is 28.9 Å². The zero-order chi connectivity index (χ0) is 21.2. The normalized spacial score (nSPS) is 11.3. The van der Waals surface area contributed by atoms with Crippen molar-refractivity contribution in [3.63, 3.8) is 0 Å². The maximum Gasteiger partial charge on any atom is 0.328 e. The number of unbranched alkanes of at least 4 members (excludes halogenated alkanes) is 3. The quantitative estimate of drug-likeness (QED) is 0.340. The number of rotatable bonds is 12. The SMILES string of the molecule is CCCCCCC(=O)N(C)Cc1cc(-c2oc(/C=C/C(=O)O)cc2CCC)cs1. The first-order chi connectivity index (χ1) is 13.9. The molecule has 1 N–H and O–H groups in total. The number of carbonyl (C=O) groups excluding carboxylic acids is 1. The Hall–Kier alpha value is -2.34. The summed E-state index contributed by atoms with van der Waals surface area (Å²) >= 11 is 1.61. The molecule has 0 bridgehead atoms. The summed E-state index contributed by atoms with van der Waals surface area (Å²) in [4.78, 5) is 26.0. The summed E-state index contributed by atoms with van der Waals surface area (Å²) in [6.45, 7) is 4.86. The summed E-state index contributed by atoms with van der Waals surface area (Å²) < 4.78 is 5.92. The standard InChI is InChI=1S/C23H31NO4S/c1-4-6-7-8-10-21(25)24(3)15-20-14-18(16-29-20)23-17(9-5-2)13-19(28-23)11-12-22(26)27/h11-14,16H,4-10,15H2,1-3H3,(H,26,27)/b12-11+. The zero-order valence-corrected chi connectivity index (χ0v) is 18.4. The molecule has 0 fully saturated rings. The molecule has 2 aromatic heterocycles. The van der Waals surface area contributed by atoms with E-state index in [0.717, 1.165) is 53.5 Å². The van der Waals surface area contributed by atoms with Gasteiger partial charge in [-0.15, -0.1) is 11.3 Å². The Morgan fingerprint density at radius 2 is 1.97 bits per heavy atom. The lowest BCUT2D eigenvalue weighted by atomic mass is 10.1. The van der Waals surface area contributed by atoms with Gasteiger partial charge in [-0.05, 0) is 36.6 Å². The van der Waals surface area contributed by atoms with Crippen molar-refractivity contribution in [3.8, 4) is 11.3 Å². The van der Waals surface area contributed by atoms with Crippen LogP contribution in [-0.2, 0) is 22.6 Å². The van der Waals surface area contributed by atoms with Crippen LogP contribution in [0, 0.1) is 0 Å². The first-order valence-electron chi connectivity index (χ1n) is 10.3. The van der Waals surface area contributed by atoms with Crippen molar-refractivity contribution in [3.05, 3.63) is 39.8 Å². The van der Waals surface area contributed by atoms with Crippen LogP contribution >= 0.6 is 11.3 Å². The van der Waals surface area contributed by atoms with Crippen molar-refractivity contribution in [2.75, 3.05) is 7.05 Å². The summed E-state index contributed by atoms with van der Waals surface area (Å²) in [6.07, 6.45) is 9.40. The fourth-order valence-corrected chi connectivity index (χ4v) is 4.10. The highest BCUT2D eigenvalue weighted by Crippen LogP contribution is 2.33. The van der Waals surface area contributed by atoms with Gasteiger partial charge >= 0.3 is 5.97 Å². The lowest BCUT2D eigenvalue weighted by molar-refractivity contribution is -0.131. The molecule has 29 heavy (non-hydrogen) atoms. The highest BCUT2D eigenvalue weighted by molar-refractivity contribution is 7.10. The maximum atomic E-state index is 12.3. The Balaban J connectivity index is 2.06. The molecule has 2 heterocycles. The third kappa shape index (κ3) is 7.20. The number of furan rings is 1. The van der Waals surface area contributed by atoms with Crippen LogP contribution in [0.5, 0.6) is 0 Å². The number of aryl methyl sites for hydroxylation is 1. The molecule has 158 valence electrons. The van der Waals surface area contributed by atoms with Crippen LogP contribution in [0.1, 0.15) is 68.6 Å². The minimum atomic E-state index is -1.000. The van der Waals surface area contributed by atoms with Crippen LogP contribution < -0.4 is 0 Å². The van der Waals surface area contributed by atoms with Crippen molar-refractivity contribution >= 4 is 29.3 Å². The predicted octanol–water partition coefficient (Wildman–Crippen LogP) is 5.99. The molecule has 0 aromatic carbocycles. The largest absolute Gasteiger partial charge is 0.478 e. The van der Waals surface area contributed by atoms with Gasteiger partial charge in [0.15, 0.2) is 0 Å². The average Bonchev–Trinajstić information content (AvgIpc) is 3.30. The van der Waals surface area contributed by atoms with Gasteiger partial charge in [0.2, 0.25) is 5.91 Å². The third-order valence-corrected chi connectivity index (χ3v) is 5.64. The number of nitrogens with zero attached hydrogens (tertiary/aromatic N) is 1. The van der Waals surface area contributed by atoms with E-state index in [1.807, 2.05) is 18.5 Å². The highest BCUT2D eigenvalue weighted by Gasteiger charge is 2.15. The van der Waals surface area contributed by atoms with Crippen LogP contribution in [0.15, 0.2) is 28.0 Å². The lowest BCUT2D eigenvalue weighted by Crippen LogP contribution is -2.25. The van der Waals surface area contributed by atoms with E-state index in [1.165, 1.54) is 18.9 Å². The van der Waals surface area contributed by atoms with E-state index < -0.39 is 5.97 Å². The van der Waals surface area contributed by atoms with Crippen molar-refractivity contribution in [1.29, 1.82) is 0 Å². The fourth-order valence-electron chi connectivity index (χ4n) is 3.18. The van der Waals surface area contributed by atoms with Gasteiger partial charge in [-0.3, -0.25) is 4.79 Å². The van der Waals surface area contributed by atoms with E-state index in [0.29, 0.717) is 18.7 Å². The fraction of sp³-hybridized carbons (Fsp3) is 0.478. The number of aliphatic carboxylic acids is 1. The molecule has 0 unspecified atom stereocenters. The Kier molecular flexibility index (Phi) is 9.19. The van der Waals surface area contributed by atoms with Crippen molar-refractivity contribution in [2.45, 2.75) is 65.3 Å². The Bertz CT molecular complexity index is 834. The molecule has 0 aliphatic rings. The monoisotopic (exact) mass is 417 g/mol. The van der Waals surface area contributed by atoms with Gasteiger partial charge in [0.25, 0.3) is 0 Å². The second kappa shape index (κ2) is 11.6. The highest BCUT2D eigenvalue weighted by atomic mass is 32.1. The molecule has 0 aliphatic heterocycles. The summed E-state index contributed by atoms with van der Waals surface area (Å²) in [5.74, 6) is 0.507. The Morgan fingerprint density at radius 1 is 1.17 bits per heavy atom. The van der Waals surface area contributed by atoms with Gasteiger partial charge in [-0.2, -0.15) is 0 Å². The predicted molar refractivity (Wildman–Crippen MR) is 118 cm³/mol. The molecular formula is C23H31NO4S. The maximum absolute atomic E-state index is 12.3. The average molecular weight is 418 g/mol. The van der Waals surface area contributed by atoms with Crippen LogP contribution in [0.4, 0.5) is 0 Å². The molecule has 0 atom stereocenters. The number of carbonyl (C=O) groups is 2. The van der Waals surface area contributed by atoms with Crippen molar-refractivity contribution < 1.29 is 19.1 Å². The van der Waals surface area contributed by atoms with Gasteiger partial charge in [0.1, 0.15) is 11.5 Å². The van der Waals surface area contributed by atoms with Gasteiger partial charge in [0.05, 0.1) is 6.54 Å². The van der Waals surface area contributed by atoms with Gasteiger partial charge in [-0.1, -0.05) is 39.5 Å². The van der Waals surface area contributed by atoms with E-state index in [-0.39, 0.29) is 5.91 Å². The molecule has 6 heteroatoms. The molecule has 0 aliphatic carbocycles. The van der Waals surface area contributed by atoms with E-state index in [1.54, 1.807) is 16.2 Å². The molecular weight excluding hydrogens is 386 g/mol. The summed E-state index contributed by atoms with van der Waals surface area (Å²) in [6, 6.07) is 3.97. The van der Waals surface area contributed by atoms with E-state index in [2.05, 4.69) is 19.9 Å². The van der Waals surface area contributed by atoms with Crippen molar-refractivity contribution in [2.24, 2.45) is 0 Å². The molecule has 1 amide bonds. The molecule has 2 aromatic rings. The van der Waals surface area contributed by atoms with Gasteiger partial charge in [-0.25, -0.2) is 4.79 Å². The van der Waals surface area contributed by atoms with E-state index >= 15 is 0 Å². The molecule has 0 spiro atoms. The Morgan fingerprint density at radius 3 is 2.66 bits per heavy atom. The second-order valence-corrected chi connectivity index (χ2v) is 8.28. The van der Waals surface area contributed by atoms with Gasteiger partial charge in [0, 0.05) is 35.4 Å². The minimum absolute atomic E-state index is 0.182. The summed E-state index contributed by atoms with van der Waals surface area (Å²) in [5.41, 5.74) is 2.05. The first-order valence-corrected chi connectivity index (χ1v) is 11.2. The minimum Gasteiger partial charge on any atom is -0.478 e. The van der Waals surface area contributed by atoms with Crippen LogP contribution in [0.2, 0.25) is 0 Å². The molecule has 5 nitrogen and oxygen atoms in total.